The van der Waals surface area contributed by atoms with Gasteiger partial charge in [0.2, 0.25) is 5.91 Å². The summed E-state index contributed by atoms with van der Waals surface area (Å²) in [6.45, 7) is -0.139. The number of rotatable bonds is 5. The Morgan fingerprint density at radius 2 is 1.67 bits per heavy atom. The summed E-state index contributed by atoms with van der Waals surface area (Å²) in [4.78, 5) is 29.0. The number of amides is 1. The van der Waals surface area contributed by atoms with Gasteiger partial charge in [-0.25, -0.2) is 4.98 Å². The molecule has 4 rings (SSSR count). The van der Waals surface area contributed by atoms with E-state index in [2.05, 4.69) is 16.4 Å². The Morgan fingerprint density at radius 3 is 2.37 bits per heavy atom. The van der Waals surface area contributed by atoms with Gasteiger partial charge < -0.3 is 10.1 Å². The van der Waals surface area contributed by atoms with E-state index >= 15 is 0 Å². The average molecular weight is 396 g/mol. The van der Waals surface area contributed by atoms with Crippen LogP contribution in [0.2, 0.25) is 0 Å². The van der Waals surface area contributed by atoms with Gasteiger partial charge >= 0.3 is 0 Å². The minimum absolute atomic E-state index is 0.139. The third-order valence-corrected chi connectivity index (χ3v) is 4.40. The summed E-state index contributed by atoms with van der Waals surface area (Å²) < 4.78 is 6.99. The van der Waals surface area contributed by atoms with E-state index < -0.39 is 0 Å². The van der Waals surface area contributed by atoms with Crippen LogP contribution in [0.4, 0.5) is 5.69 Å². The average Bonchev–Trinajstić information content (AvgIpc) is 2.78. The van der Waals surface area contributed by atoms with Crippen molar-refractivity contribution in [2.45, 2.75) is 6.54 Å². The third-order valence-electron chi connectivity index (χ3n) is 4.40. The highest BCUT2D eigenvalue weighted by Crippen LogP contribution is 2.23. The first-order valence-electron chi connectivity index (χ1n) is 9.14. The van der Waals surface area contributed by atoms with E-state index in [4.69, 9.17) is 10.00 Å². The van der Waals surface area contributed by atoms with Crippen molar-refractivity contribution in [2.24, 2.45) is 0 Å². The van der Waals surface area contributed by atoms with E-state index in [9.17, 15) is 9.59 Å². The zero-order valence-corrected chi connectivity index (χ0v) is 15.8. The van der Waals surface area contributed by atoms with Gasteiger partial charge in [0.05, 0.1) is 28.9 Å². The van der Waals surface area contributed by atoms with Gasteiger partial charge in [-0.15, -0.1) is 0 Å². The molecule has 7 nitrogen and oxygen atoms in total. The first-order valence-corrected chi connectivity index (χ1v) is 9.14. The lowest BCUT2D eigenvalue weighted by Crippen LogP contribution is -2.27. The molecule has 0 unspecified atom stereocenters. The van der Waals surface area contributed by atoms with Gasteiger partial charge in [-0.05, 0) is 60.7 Å². The lowest BCUT2D eigenvalue weighted by atomic mass is 10.2. The van der Waals surface area contributed by atoms with Gasteiger partial charge in [-0.3, -0.25) is 14.2 Å². The predicted molar refractivity (Wildman–Crippen MR) is 112 cm³/mol. The van der Waals surface area contributed by atoms with Crippen LogP contribution in [0, 0.1) is 11.3 Å². The maximum atomic E-state index is 12.5. The van der Waals surface area contributed by atoms with Crippen molar-refractivity contribution in [1.29, 1.82) is 5.26 Å². The number of benzene rings is 3. The first-order chi connectivity index (χ1) is 14.6. The molecule has 7 heteroatoms. The smallest absolute Gasteiger partial charge is 0.261 e. The zero-order valence-electron chi connectivity index (χ0n) is 15.8. The standard InChI is InChI=1S/C23H16N4O3/c24-13-16-5-9-18(10-6-16)30-19-11-7-17(8-12-19)26-22(28)14-27-15-25-21-4-2-1-3-20(21)23(27)29/h1-12,15H,14H2,(H,26,28). The molecule has 0 fully saturated rings. The molecular formula is C23H16N4O3. The van der Waals surface area contributed by atoms with Crippen molar-refractivity contribution in [2.75, 3.05) is 5.32 Å². The van der Waals surface area contributed by atoms with Crippen LogP contribution in [0.3, 0.4) is 0 Å². The number of para-hydroxylation sites is 1. The van der Waals surface area contributed by atoms with Gasteiger partial charge in [-0.2, -0.15) is 5.26 Å². The van der Waals surface area contributed by atoms with Crippen molar-refractivity contribution in [3.05, 3.63) is 95.0 Å². The Bertz CT molecular complexity index is 1300. The van der Waals surface area contributed by atoms with Crippen molar-refractivity contribution >= 4 is 22.5 Å². The summed E-state index contributed by atoms with van der Waals surface area (Å²) in [6, 6.07) is 22.7. The second-order valence-electron chi connectivity index (χ2n) is 6.51. The van der Waals surface area contributed by atoms with E-state index in [1.807, 2.05) is 0 Å². The van der Waals surface area contributed by atoms with Crippen molar-refractivity contribution in [1.82, 2.24) is 9.55 Å². The molecule has 30 heavy (non-hydrogen) atoms. The van der Waals surface area contributed by atoms with Crippen LogP contribution in [-0.4, -0.2) is 15.5 Å². The summed E-state index contributed by atoms with van der Waals surface area (Å²) in [5.41, 5.74) is 1.47. The van der Waals surface area contributed by atoms with Crippen LogP contribution in [0.15, 0.2) is 83.9 Å². The van der Waals surface area contributed by atoms with Gasteiger partial charge in [0.1, 0.15) is 18.0 Å². The van der Waals surface area contributed by atoms with Gasteiger partial charge in [-0.1, -0.05) is 12.1 Å². The number of carbonyl (C=O) groups is 1. The predicted octanol–water partition coefficient (Wildman–Crippen LogP) is 3.70. The second-order valence-corrected chi connectivity index (χ2v) is 6.51. The highest BCUT2D eigenvalue weighted by molar-refractivity contribution is 5.90. The fourth-order valence-electron chi connectivity index (χ4n) is 2.91. The number of aromatic nitrogens is 2. The lowest BCUT2D eigenvalue weighted by molar-refractivity contribution is -0.116. The zero-order chi connectivity index (χ0) is 20.9. The molecular weight excluding hydrogens is 380 g/mol. The Kier molecular flexibility index (Phi) is 5.22. The first kappa shape index (κ1) is 18.9. The van der Waals surface area contributed by atoms with Gasteiger partial charge in [0.25, 0.3) is 5.56 Å². The quantitative estimate of drug-likeness (QED) is 0.555. The highest BCUT2D eigenvalue weighted by atomic mass is 16.5. The lowest BCUT2D eigenvalue weighted by Gasteiger charge is -2.09. The summed E-state index contributed by atoms with van der Waals surface area (Å²) in [6.07, 6.45) is 1.37. The summed E-state index contributed by atoms with van der Waals surface area (Å²) in [5, 5.41) is 12.1. The molecule has 0 aliphatic carbocycles. The minimum atomic E-state index is -0.338. The topological polar surface area (TPSA) is 97.0 Å². The summed E-state index contributed by atoms with van der Waals surface area (Å²) >= 11 is 0. The number of nitriles is 1. The van der Waals surface area contributed by atoms with Crippen molar-refractivity contribution in [3.8, 4) is 17.6 Å². The molecule has 0 saturated carbocycles. The fraction of sp³-hybridized carbons (Fsp3) is 0.0435. The van der Waals surface area contributed by atoms with Crippen LogP contribution in [0.25, 0.3) is 10.9 Å². The number of hydrogen-bond donors (Lipinski definition) is 1. The molecule has 1 aromatic heterocycles. The number of nitrogens with one attached hydrogen (secondary N) is 1. The largest absolute Gasteiger partial charge is 0.457 e. The Balaban J connectivity index is 1.40. The second kappa shape index (κ2) is 8.29. The Morgan fingerprint density at radius 1 is 1.00 bits per heavy atom. The van der Waals surface area contributed by atoms with Crippen LogP contribution in [0.5, 0.6) is 11.5 Å². The molecule has 3 aromatic carbocycles. The van der Waals surface area contributed by atoms with Crippen LogP contribution in [0.1, 0.15) is 5.56 Å². The van der Waals surface area contributed by atoms with Gasteiger partial charge in [0.15, 0.2) is 0 Å². The van der Waals surface area contributed by atoms with E-state index in [1.54, 1.807) is 72.8 Å². The fourth-order valence-corrected chi connectivity index (χ4v) is 2.91. The SMILES string of the molecule is N#Cc1ccc(Oc2ccc(NC(=O)Cn3cnc4ccccc4c3=O)cc2)cc1. The molecule has 1 heterocycles. The third kappa shape index (κ3) is 4.18. The molecule has 146 valence electrons. The number of carbonyl (C=O) groups excluding carboxylic acids is 1. The van der Waals surface area contributed by atoms with E-state index in [0.717, 1.165) is 0 Å². The normalized spacial score (nSPS) is 10.4. The van der Waals surface area contributed by atoms with Crippen molar-refractivity contribution in [3.63, 3.8) is 0 Å². The summed E-state index contributed by atoms with van der Waals surface area (Å²) in [5.74, 6) is 0.858. The molecule has 0 spiro atoms. The number of hydrogen-bond acceptors (Lipinski definition) is 5. The molecule has 4 aromatic rings. The number of ether oxygens (including phenoxy) is 1. The summed E-state index contributed by atoms with van der Waals surface area (Å²) in [7, 11) is 0. The number of fused-ring (bicyclic) bond motifs is 1. The molecule has 0 atom stereocenters. The number of nitrogens with zero attached hydrogens (tertiary/aromatic N) is 3. The van der Waals surface area contributed by atoms with E-state index in [0.29, 0.717) is 33.7 Å². The molecule has 0 saturated heterocycles. The van der Waals surface area contributed by atoms with E-state index in [-0.39, 0.29) is 18.0 Å². The maximum Gasteiger partial charge on any atom is 0.261 e. The minimum Gasteiger partial charge on any atom is -0.457 e. The van der Waals surface area contributed by atoms with Crippen LogP contribution in [-0.2, 0) is 11.3 Å². The molecule has 0 aliphatic rings. The number of anilines is 1. The highest BCUT2D eigenvalue weighted by Gasteiger charge is 2.08. The molecule has 0 bridgehead atoms. The maximum absolute atomic E-state index is 12.5. The Hall–Kier alpha value is -4.44. The molecule has 1 amide bonds. The van der Waals surface area contributed by atoms with Crippen LogP contribution < -0.4 is 15.6 Å². The molecule has 0 aliphatic heterocycles. The van der Waals surface area contributed by atoms with Crippen LogP contribution >= 0.6 is 0 Å². The van der Waals surface area contributed by atoms with Gasteiger partial charge in [0, 0.05) is 5.69 Å². The Labute approximate surface area is 171 Å². The molecule has 1 N–H and O–H groups in total. The van der Waals surface area contributed by atoms with Crippen molar-refractivity contribution < 1.29 is 9.53 Å². The van der Waals surface area contributed by atoms with E-state index in [1.165, 1.54) is 10.9 Å². The molecule has 0 radical (unpaired) electrons. The monoisotopic (exact) mass is 396 g/mol.